The molecule has 2 aliphatic rings. The zero-order valence-electron chi connectivity index (χ0n) is 22.4. The van der Waals surface area contributed by atoms with Crippen molar-refractivity contribution >= 4 is 17.6 Å². The molecule has 0 aromatic heterocycles. The molecule has 1 spiro atoms. The van der Waals surface area contributed by atoms with Gasteiger partial charge in [-0.3, -0.25) is 0 Å². The minimum Gasteiger partial charge on any atom is -0.493 e. The van der Waals surface area contributed by atoms with Crippen molar-refractivity contribution < 1.29 is 28.5 Å². The molecule has 0 aliphatic carbocycles. The number of carbonyl (C=O) groups is 1. The van der Waals surface area contributed by atoms with Crippen LogP contribution < -0.4 is 14.2 Å². The first-order chi connectivity index (χ1) is 19.2. The number of halogens is 1. The van der Waals surface area contributed by atoms with Gasteiger partial charge >= 0.3 is 5.97 Å². The maximum Gasteiger partial charge on any atom is 0.340 e. The maximum absolute atomic E-state index is 13.0. The number of ether oxygens (including phenoxy) is 5. The van der Waals surface area contributed by atoms with Crippen LogP contribution in [0.25, 0.3) is 0 Å². The van der Waals surface area contributed by atoms with Gasteiger partial charge in [0, 0.05) is 41.8 Å². The van der Waals surface area contributed by atoms with Gasteiger partial charge in [-0.05, 0) is 43.2 Å². The Morgan fingerprint density at radius 2 is 1.36 bits per heavy atom. The molecule has 1 unspecified atom stereocenters. The summed E-state index contributed by atoms with van der Waals surface area (Å²) in [4.78, 5) is 13.0. The molecule has 7 heteroatoms. The first kappa shape index (κ1) is 27.4. The van der Waals surface area contributed by atoms with Crippen LogP contribution >= 0.6 is 11.6 Å². The molecule has 0 saturated heterocycles. The molecule has 0 amide bonds. The van der Waals surface area contributed by atoms with Gasteiger partial charge in [-0.2, -0.15) is 0 Å². The number of alkyl halides is 1. The van der Waals surface area contributed by atoms with Crippen molar-refractivity contribution in [3.8, 4) is 23.0 Å². The van der Waals surface area contributed by atoms with E-state index in [1.807, 2.05) is 48.5 Å². The summed E-state index contributed by atoms with van der Waals surface area (Å²) in [5, 5.41) is 0. The Bertz CT molecular complexity index is 1290. The smallest absolute Gasteiger partial charge is 0.340 e. The van der Waals surface area contributed by atoms with Gasteiger partial charge in [-0.25, -0.2) is 4.79 Å². The van der Waals surface area contributed by atoms with E-state index in [0.717, 1.165) is 47.6 Å². The summed E-state index contributed by atoms with van der Waals surface area (Å²) in [7, 11) is 1.57. The molecule has 0 N–H and O–H groups in total. The predicted molar refractivity (Wildman–Crippen MR) is 150 cm³/mol. The van der Waals surface area contributed by atoms with E-state index in [0.29, 0.717) is 29.4 Å². The van der Waals surface area contributed by atoms with Crippen LogP contribution in [-0.4, -0.2) is 32.4 Å². The van der Waals surface area contributed by atoms with E-state index >= 15 is 0 Å². The van der Waals surface area contributed by atoms with E-state index in [1.54, 1.807) is 19.2 Å². The molecule has 0 fully saturated rings. The van der Waals surface area contributed by atoms with Crippen molar-refractivity contribution in [1.82, 2.24) is 0 Å². The van der Waals surface area contributed by atoms with Crippen LogP contribution in [-0.2, 0) is 15.1 Å². The fourth-order valence-electron chi connectivity index (χ4n) is 5.39. The zero-order chi connectivity index (χ0) is 27.1. The molecule has 206 valence electrons. The largest absolute Gasteiger partial charge is 0.493 e. The van der Waals surface area contributed by atoms with Crippen molar-refractivity contribution in [1.29, 1.82) is 0 Å². The Kier molecular flexibility index (Phi) is 8.95. The van der Waals surface area contributed by atoms with Gasteiger partial charge in [0.25, 0.3) is 0 Å². The van der Waals surface area contributed by atoms with Gasteiger partial charge in [0.15, 0.2) is 12.4 Å². The molecule has 2 heterocycles. The SMILES string of the molecule is COCOc1ccc2c(c1)Oc1cc(OCCCCCCCCCCCl)ccc1C21OC(=O)c2ccccc21. The zero-order valence-corrected chi connectivity index (χ0v) is 23.1. The number of hydrogen-bond acceptors (Lipinski definition) is 6. The van der Waals surface area contributed by atoms with E-state index in [-0.39, 0.29) is 12.8 Å². The lowest BCUT2D eigenvalue weighted by atomic mass is 9.77. The molecular weight excluding hydrogens is 516 g/mol. The summed E-state index contributed by atoms with van der Waals surface area (Å²) in [5.41, 5.74) is 1.74. The van der Waals surface area contributed by atoms with E-state index in [4.69, 9.17) is 35.3 Å². The molecular formula is C32H35ClO6. The maximum atomic E-state index is 13.0. The summed E-state index contributed by atoms with van der Waals surface area (Å²) < 4.78 is 29.4. The Morgan fingerprint density at radius 3 is 2.03 bits per heavy atom. The van der Waals surface area contributed by atoms with Crippen molar-refractivity contribution in [3.05, 3.63) is 82.9 Å². The highest BCUT2D eigenvalue weighted by atomic mass is 35.5. The number of methoxy groups -OCH3 is 1. The molecule has 6 nitrogen and oxygen atoms in total. The Hall–Kier alpha value is -3.22. The average Bonchev–Trinajstić information content (AvgIpc) is 3.25. The van der Waals surface area contributed by atoms with Crippen molar-refractivity contribution in [2.24, 2.45) is 0 Å². The highest BCUT2D eigenvalue weighted by Gasteiger charge is 2.53. The molecule has 39 heavy (non-hydrogen) atoms. The third-order valence-corrected chi connectivity index (χ3v) is 7.56. The second-order valence-electron chi connectivity index (χ2n) is 9.95. The van der Waals surface area contributed by atoms with Gasteiger partial charge in [-0.15, -0.1) is 11.6 Å². The van der Waals surface area contributed by atoms with Crippen LogP contribution in [0, 0.1) is 0 Å². The third-order valence-electron chi connectivity index (χ3n) is 7.30. The minimum atomic E-state index is -1.11. The number of hydrogen-bond donors (Lipinski definition) is 0. The summed E-state index contributed by atoms with van der Waals surface area (Å²) in [6.07, 6.45) is 9.50. The van der Waals surface area contributed by atoms with Gasteiger partial charge in [0.1, 0.15) is 23.0 Å². The molecule has 0 bridgehead atoms. The van der Waals surface area contributed by atoms with Crippen molar-refractivity contribution in [2.45, 2.75) is 57.0 Å². The predicted octanol–water partition coefficient (Wildman–Crippen LogP) is 7.98. The lowest BCUT2D eigenvalue weighted by molar-refractivity contribution is 0.0223. The van der Waals surface area contributed by atoms with Gasteiger partial charge in [-0.1, -0.05) is 56.7 Å². The summed E-state index contributed by atoms with van der Waals surface area (Å²) >= 11 is 5.74. The number of rotatable bonds is 14. The topological polar surface area (TPSA) is 63.2 Å². The Balaban J connectivity index is 1.33. The summed E-state index contributed by atoms with van der Waals surface area (Å²) in [5.74, 6) is 2.87. The number of unbranched alkanes of at least 4 members (excludes halogenated alkanes) is 7. The number of esters is 1. The van der Waals surface area contributed by atoms with Crippen molar-refractivity contribution in [2.75, 3.05) is 26.4 Å². The lowest BCUT2D eigenvalue weighted by Gasteiger charge is -2.36. The number of carbonyl (C=O) groups excluding carboxylic acids is 1. The molecule has 2 aliphatic heterocycles. The molecule has 3 aromatic rings. The van der Waals surface area contributed by atoms with Crippen LogP contribution in [0.15, 0.2) is 60.7 Å². The molecule has 5 rings (SSSR count). The van der Waals surface area contributed by atoms with Gasteiger partial charge in [0.2, 0.25) is 0 Å². The Labute approximate surface area is 235 Å². The van der Waals surface area contributed by atoms with Gasteiger partial charge < -0.3 is 23.7 Å². The van der Waals surface area contributed by atoms with Crippen molar-refractivity contribution in [3.63, 3.8) is 0 Å². The monoisotopic (exact) mass is 550 g/mol. The molecule has 0 saturated carbocycles. The van der Waals surface area contributed by atoms with Crippen LogP contribution in [0.3, 0.4) is 0 Å². The quantitative estimate of drug-likeness (QED) is 0.0877. The standard InChI is InChI=1S/C32H35ClO6/c1-35-22-37-24-15-17-28-30(21-24)38-29-20-23(36-19-11-7-5-3-2-4-6-10-18-33)14-16-27(29)32(28)26-13-9-8-12-25(26)31(34)39-32/h8-9,12-17,20-21H,2-7,10-11,18-19,22H2,1H3. The van der Waals surface area contributed by atoms with E-state index in [1.165, 1.54) is 32.1 Å². The Morgan fingerprint density at radius 1 is 0.744 bits per heavy atom. The highest BCUT2D eigenvalue weighted by molar-refractivity contribution is 6.17. The first-order valence-corrected chi connectivity index (χ1v) is 14.3. The van der Waals surface area contributed by atoms with E-state index in [9.17, 15) is 4.79 Å². The fourth-order valence-corrected chi connectivity index (χ4v) is 5.58. The number of benzene rings is 3. The fraction of sp³-hybridized carbons (Fsp3) is 0.406. The van der Waals surface area contributed by atoms with E-state index in [2.05, 4.69) is 0 Å². The first-order valence-electron chi connectivity index (χ1n) is 13.8. The van der Waals surface area contributed by atoms with Crippen LogP contribution in [0.1, 0.15) is 78.4 Å². The normalized spacial score (nSPS) is 16.7. The molecule has 1 atom stereocenters. The second kappa shape index (κ2) is 12.8. The minimum absolute atomic E-state index is 0.115. The van der Waals surface area contributed by atoms with Gasteiger partial charge in [0.05, 0.1) is 12.2 Å². The second-order valence-corrected chi connectivity index (χ2v) is 10.3. The average molecular weight is 551 g/mol. The van der Waals surface area contributed by atoms with Crippen LogP contribution in [0.4, 0.5) is 0 Å². The molecule has 3 aromatic carbocycles. The van der Waals surface area contributed by atoms with Crippen LogP contribution in [0.5, 0.6) is 23.0 Å². The van der Waals surface area contributed by atoms with Crippen LogP contribution in [0.2, 0.25) is 0 Å². The molecule has 0 radical (unpaired) electrons. The number of fused-ring (bicyclic) bond motifs is 6. The van der Waals surface area contributed by atoms with E-state index < -0.39 is 5.60 Å². The highest BCUT2D eigenvalue weighted by Crippen LogP contribution is 2.57. The lowest BCUT2D eigenvalue weighted by Crippen LogP contribution is -2.33. The summed E-state index contributed by atoms with van der Waals surface area (Å²) in [6, 6.07) is 18.8. The summed E-state index contributed by atoms with van der Waals surface area (Å²) in [6.45, 7) is 0.754. The third kappa shape index (κ3) is 5.73.